The van der Waals surface area contributed by atoms with Gasteiger partial charge in [-0.15, -0.1) is 0 Å². The van der Waals surface area contributed by atoms with Crippen molar-refractivity contribution in [3.05, 3.63) is 15.9 Å². The van der Waals surface area contributed by atoms with Crippen LogP contribution in [-0.2, 0) is 19.5 Å². The Morgan fingerprint density at radius 3 is 2.56 bits per heavy atom. The van der Waals surface area contributed by atoms with Crippen molar-refractivity contribution < 1.29 is 0 Å². The molecule has 2 rings (SSSR count). The molecule has 1 fully saturated rings. The summed E-state index contributed by atoms with van der Waals surface area (Å²) >= 11 is 3.70. The van der Waals surface area contributed by atoms with Crippen LogP contribution in [0.2, 0.25) is 0 Å². The number of aromatic nitrogens is 2. The third-order valence-electron chi connectivity index (χ3n) is 4.00. The maximum Gasteiger partial charge on any atom is 0.0767 e. The molecule has 1 aromatic rings. The van der Waals surface area contributed by atoms with Gasteiger partial charge in [0, 0.05) is 18.6 Å². The first-order valence-corrected chi connectivity index (χ1v) is 7.78. The molecule has 1 aliphatic rings. The summed E-state index contributed by atoms with van der Waals surface area (Å²) in [5, 5.41) is 8.34. The molecule has 1 aromatic heterocycles. The van der Waals surface area contributed by atoms with Gasteiger partial charge in [-0.05, 0) is 61.9 Å². The van der Waals surface area contributed by atoms with E-state index in [0.29, 0.717) is 0 Å². The van der Waals surface area contributed by atoms with Gasteiger partial charge in [0.25, 0.3) is 0 Å². The van der Waals surface area contributed by atoms with Crippen LogP contribution in [0.1, 0.15) is 51.9 Å². The van der Waals surface area contributed by atoms with Crippen molar-refractivity contribution in [2.45, 2.75) is 65.6 Å². The summed E-state index contributed by atoms with van der Waals surface area (Å²) in [7, 11) is 0. The van der Waals surface area contributed by atoms with Gasteiger partial charge in [-0.3, -0.25) is 4.68 Å². The van der Waals surface area contributed by atoms with Crippen molar-refractivity contribution in [1.82, 2.24) is 15.1 Å². The van der Waals surface area contributed by atoms with Crippen molar-refractivity contribution in [3.63, 3.8) is 0 Å². The molecule has 1 N–H and O–H groups in total. The lowest BCUT2D eigenvalue weighted by atomic mass is 9.99. The molecule has 3 nitrogen and oxygen atoms in total. The fourth-order valence-corrected chi connectivity index (χ4v) is 3.15. The monoisotopic (exact) mass is 313 g/mol. The molecule has 0 bridgehead atoms. The molecule has 1 saturated carbocycles. The third-order valence-corrected chi connectivity index (χ3v) is 4.92. The average Bonchev–Trinajstić information content (AvgIpc) is 3.13. The van der Waals surface area contributed by atoms with E-state index < -0.39 is 0 Å². The SMILES string of the molecule is CCc1nn(CC)c(CNC(C)(C)C2CC2)c1Br. The van der Waals surface area contributed by atoms with E-state index in [9.17, 15) is 0 Å². The number of nitrogens with zero attached hydrogens (tertiary/aromatic N) is 2. The van der Waals surface area contributed by atoms with Crippen molar-refractivity contribution >= 4 is 15.9 Å². The Hall–Kier alpha value is -0.350. The Balaban J connectivity index is 2.10. The Morgan fingerprint density at radius 2 is 2.06 bits per heavy atom. The van der Waals surface area contributed by atoms with Crippen LogP contribution >= 0.6 is 15.9 Å². The van der Waals surface area contributed by atoms with Gasteiger partial charge in [-0.25, -0.2) is 0 Å². The maximum absolute atomic E-state index is 4.64. The third kappa shape index (κ3) is 2.80. The van der Waals surface area contributed by atoms with Crippen LogP contribution in [0, 0.1) is 5.92 Å². The molecule has 0 spiro atoms. The summed E-state index contributed by atoms with van der Waals surface area (Å²) < 4.78 is 3.30. The molecule has 1 heterocycles. The van der Waals surface area contributed by atoms with Gasteiger partial charge in [0.05, 0.1) is 15.9 Å². The standard InChI is InChI=1S/C14H24BrN3/c1-5-11-13(15)12(18(6-2)17-11)9-16-14(3,4)10-7-8-10/h10,16H,5-9H2,1-4H3. The number of rotatable bonds is 6. The predicted octanol–water partition coefficient (Wildman–Crippen LogP) is 3.51. The Labute approximate surface area is 118 Å². The van der Waals surface area contributed by atoms with E-state index in [1.165, 1.54) is 23.0 Å². The van der Waals surface area contributed by atoms with Gasteiger partial charge < -0.3 is 5.32 Å². The zero-order valence-corrected chi connectivity index (χ0v) is 13.5. The minimum absolute atomic E-state index is 0.245. The fourth-order valence-electron chi connectivity index (χ4n) is 2.45. The van der Waals surface area contributed by atoms with Gasteiger partial charge >= 0.3 is 0 Å². The Bertz CT molecular complexity index is 419. The van der Waals surface area contributed by atoms with Gasteiger partial charge in [-0.1, -0.05) is 6.92 Å². The largest absolute Gasteiger partial charge is 0.306 e. The molecule has 4 heteroatoms. The molecular formula is C14H24BrN3. The van der Waals surface area contributed by atoms with E-state index in [4.69, 9.17) is 0 Å². The first kappa shape index (κ1) is 14.1. The van der Waals surface area contributed by atoms with Gasteiger partial charge in [0.2, 0.25) is 0 Å². The van der Waals surface area contributed by atoms with E-state index >= 15 is 0 Å². The summed E-state index contributed by atoms with van der Waals surface area (Å²) in [6.07, 6.45) is 3.72. The molecule has 18 heavy (non-hydrogen) atoms. The second kappa shape index (κ2) is 5.33. The molecule has 0 atom stereocenters. The number of halogens is 1. The second-order valence-corrected chi connectivity index (χ2v) is 6.52. The fraction of sp³-hybridized carbons (Fsp3) is 0.786. The maximum atomic E-state index is 4.64. The van der Waals surface area contributed by atoms with Crippen LogP contribution < -0.4 is 5.32 Å². The van der Waals surface area contributed by atoms with Crippen molar-refractivity contribution in [2.24, 2.45) is 5.92 Å². The van der Waals surface area contributed by atoms with E-state index in [2.05, 4.69) is 58.7 Å². The number of hydrogen-bond donors (Lipinski definition) is 1. The zero-order chi connectivity index (χ0) is 13.3. The normalized spacial score (nSPS) is 16.3. The van der Waals surface area contributed by atoms with Crippen LogP contribution in [0.15, 0.2) is 4.47 Å². The predicted molar refractivity (Wildman–Crippen MR) is 78.6 cm³/mol. The van der Waals surface area contributed by atoms with Crippen molar-refractivity contribution in [1.29, 1.82) is 0 Å². The van der Waals surface area contributed by atoms with Crippen LogP contribution in [0.3, 0.4) is 0 Å². The highest BCUT2D eigenvalue weighted by Crippen LogP contribution is 2.39. The number of aryl methyl sites for hydroxylation is 2. The average molecular weight is 314 g/mol. The summed E-state index contributed by atoms with van der Waals surface area (Å²) in [4.78, 5) is 0. The Kier molecular flexibility index (Phi) is 4.17. The van der Waals surface area contributed by atoms with Crippen LogP contribution in [0.5, 0.6) is 0 Å². The molecule has 0 radical (unpaired) electrons. The zero-order valence-electron chi connectivity index (χ0n) is 11.9. The molecule has 102 valence electrons. The minimum atomic E-state index is 0.245. The lowest BCUT2D eigenvalue weighted by Gasteiger charge is -2.26. The summed E-state index contributed by atoms with van der Waals surface area (Å²) in [6.45, 7) is 10.7. The smallest absolute Gasteiger partial charge is 0.0767 e. The highest BCUT2D eigenvalue weighted by Gasteiger charge is 2.37. The summed E-state index contributed by atoms with van der Waals surface area (Å²) in [6, 6.07) is 0. The summed E-state index contributed by atoms with van der Waals surface area (Å²) in [5.74, 6) is 0.847. The lowest BCUT2D eigenvalue weighted by molar-refractivity contribution is 0.333. The molecule has 1 aliphatic carbocycles. The highest BCUT2D eigenvalue weighted by atomic mass is 79.9. The molecule has 0 unspecified atom stereocenters. The van der Waals surface area contributed by atoms with Gasteiger partial charge in [-0.2, -0.15) is 5.10 Å². The quantitative estimate of drug-likeness (QED) is 0.871. The lowest BCUT2D eigenvalue weighted by Crippen LogP contribution is -2.41. The van der Waals surface area contributed by atoms with Crippen LogP contribution in [0.4, 0.5) is 0 Å². The molecular weight excluding hydrogens is 290 g/mol. The van der Waals surface area contributed by atoms with E-state index in [-0.39, 0.29) is 5.54 Å². The second-order valence-electron chi connectivity index (χ2n) is 5.73. The van der Waals surface area contributed by atoms with E-state index in [1.54, 1.807) is 0 Å². The topological polar surface area (TPSA) is 29.9 Å². The van der Waals surface area contributed by atoms with Gasteiger partial charge in [0.15, 0.2) is 0 Å². The molecule has 0 aliphatic heterocycles. The molecule has 0 saturated heterocycles. The number of hydrogen-bond acceptors (Lipinski definition) is 2. The van der Waals surface area contributed by atoms with E-state index in [1.807, 2.05) is 0 Å². The molecule has 0 amide bonds. The van der Waals surface area contributed by atoms with Crippen LogP contribution in [0.25, 0.3) is 0 Å². The first-order chi connectivity index (χ1) is 8.49. The number of nitrogens with one attached hydrogen (secondary N) is 1. The van der Waals surface area contributed by atoms with Crippen LogP contribution in [-0.4, -0.2) is 15.3 Å². The molecule has 0 aromatic carbocycles. The Morgan fingerprint density at radius 1 is 1.39 bits per heavy atom. The summed E-state index contributed by atoms with van der Waals surface area (Å²) in [5.41, 5.74) is 2.69. The minimum Gasteiger partial charge on any atom is -0.306 e. The van der Waals surface area contributed by atoms with Crippen molar-refractivity contribution in [3.8, 4) is 0 Å². The van der Waals surface area contributed by atoms with Gasteiger partial charge in [0.1, 0.15) is 0 Å². The van der Waals surface area contributed by atoms with E-state index in [0.717, 1.165) is 31.1 Å². The highest BCUT2D eigenvalue weighted by molar-refractivity contribution is 9.10. The first-order valence-electron chi connectivity index (χ1n) is 6.98. The van der Waals surface area contributed by atoms with Crippen molar-refractivity contribution in [2.75, 3.05) is 0 Å².